The Balaban J connectivity index is 1.75. The minimum absolute atomic E-state index is 0.0354. The monoisotopic (exact) mass is 404 g/mol. The molecule has 1 aromatic heterocycles. The van der Waals surface area contributed by atoms with Crippen LogP contribution in [0.3, 0.4) is 0 Å². The van der Waals surface area contributed by atoms with E-state index in [9.17, 15) is 18.8 Å². The highest BCUT2D eigenvalue weighted by Gasteiger charge is 2.36. The molecule has 1 unspecified atom stereocenters. The molecular weight excluding hydrogens is 383 g/mol. The standard InChI is InChI=1S/C19H21FN4O3S/c1-11(2)17(26)23-19-22-12(10-28-19)9-15(25)24-8-7-21-18(27)16(24)13-5-3-4-6-14(13)20/h3-6,10-11,16H,7-9H2,1-2H3,(H,21,27)(H,22,23,26). The first-order valence-corrected chi connectivity index (χ1v) is 9.81. The highest BCUT2D eigenvalue weighted by Crippen LogP contribution is 2.27. The molecule has 148 valence electrons. The molecule has 0 saturated carbocycles. The summed E-state index contributed by atoms with van der Waals surface area (Å²) in [5.41, 5.74) is 0.656. The van der Waals surface area contributed by atoms with Gasteiger partial charge in [-0.25, -0.2) is 9.37 Å². The van der Waals surface area contributed by atoms with E-state index < -0.39 is 17.8 Å². The molecule has 28 heavy (non-hydrogen) atoms. The van der Waals surface area contributed by atoms with Crippen LogP contribution in [0.25, 0.3) is 0 Å². The van der Waals surface area contributed by atoms with Crippen LogP contribution in [0.4, 0.5) is 9.52 Å². The van der Waals surface area contributed by atoms with Crippen molar-refractivity contribution in [1.82, 2.24) is 15.2 Å². The maximum atomic E-state index is 14.2. The number of anilines is 1. The SMILES string of the molecule is CC(C)C(=O)Nc1nc(CC(=O)N2CCNC(=O)C2c2ccccc2F)cs1. The number of hydrogen-bond donors (Lipinski definition) is 2. The Bertz CT molecular complexity index is 899. The summed E-state index contributed by atoms with van der Waals surface area (Å²) in [6.07, 6.45) is -0.0354. The Morgan fingerprint density at radius 3 is 2.86 bits per heavy atom. The molecule has 1 aliphatic rings. The molecule has 2 aromatic rings. The number of hydrogen-bond acceptors (Lipinski definition) is 5. The fourth-order valence-electron chi connectivity index (χ4n) is 2.89. The van der Waals surface area contributed by atoms with Crippen LogP contribution in [-0.4, -0.2) is 40.7 Å². The van der Waals surface area contributed by atoms with Gasteiger partial charge in [-0.15, -0.1) is 11.3 Å². The number of carbonyl (C=O) groups excluding carboxylic acids is 3. The molecule has 0 spiro atoms. The summed E-state index contributed by atoms with van der Waals surface area (Å²) in [5.74, 6) is -1.60. The van der Waals surface area contributed by atoms with Gasteiger partial charge in [-0.1, -0.05) is 32.0 Å². The number of piperazine rings is 1. The summed E-state index contributed by atoms with van der Waals surface area (Å²) in [5, 5.41) is 7.49. The maximum absolute atomic E-state index is 14.2. The predicted molar refractivity (Wildman–Crippen MR) is 103 cm³/mol. The molecule has 2 heterocycles. The third kappa shape index (κ3) is 4.36. The van der Waals surface area contributed by atoms with Gasteiger partial charge >= 0.3 is 0 Å². The number of benzene rings is 1. The zero-order valence-corrected chi connectivity index (χ0v) is 16.4. The summed E-state index contributed by atoms with van der Waals surface area (Å²) in [6.45, 7) is 4.14. The lowest BCUT2D eigenvalue weighted by Crippen LogP contribution is -2.52. The van der Waals surface area contributed by atoms with Crippen molar-refractivity contribution < 1.29 is 18.8 Å². The van der Waals surface area contributed by atoms with E-state index in [4.69, 9.17) is 0 Å². The number of thiazole rings is 1. The lowest BCUT2D eigenvalue weighted by molar-refractivity contribution is -0.143. The fourth-order valence-corrected chi connectivity index (χ4v) is 3.61. The van der Waals surface area contributed by atoms with Gasteiger partial charge in [-0.05, 0) is 6.07 Å². The molecule has 3 rings (SSSR count). The number of nitrogens with zero attached hydrogens (tertiary/aromatic N) is 2. The van der Waals surface area contributed by atoms with Gasteiger partial charge in [0, 0.05) is 30.0 Å². The minimum atomic E-state index is -1.01. The van der Waals surface area contributed by atoms with Crippen molar-refractivity contribution in [2.75, 3.05) is 18.4 Å². The van der Waals surface area contributed by atoms with E-state index in [1.807, 2.05) is 0 Å². The fraction of sp³-hybridized carbons (Fsp3) is 0.368. The van der Waals surface area contributed by atoms with E-state index in [1.54, 1.807) is 25.3 Å². The van der Waals surface area contributed by atoms with E-state index in [-0.39, 0.29) is 36.3 Å². The van der Waals surface area contributed by atoms with E-state index in [0.717, 1.165) is 0 Å². The summed E-state index contributed by atoms with van der Waals surface area (Å²) < 4.78 is 14.2. The van der Waals surface area contributed by atoms with Crippen molar-refractivity contribution >= 4 is 34.2 Å². The summed E-state index contributed by atoms with van der Waals surface area (Å²) in [4.78, 5) is 42.6. The Labute approximate surface area is 166 Å². The van der Waals surface area contributed by atoms with Gasteiger partial charge in [0.05, 0.1) is 12.1 Å². The van der Waals surface area contributed by atoms with E-state index >= 15 is 0 Å². The average molecular weight is 404 g/mol. The van der Waals surface area contributed by atoms with Gasteiger partial charge < -0.3 is 15.5 Å². The zero-order chi connectivity index (χ0) is 20.3. The van der Waals surface area contributed by atoms with E-state index in [1.165, 1.54) is 34.4 Å². The molecule has 0 aliphatic carbocycles. The molecule has 1 fully saturated rings. The number of carbonyl (C=O) groups is 3. The first-order valence-electron chi connectivity index (χ1n) is 8.93. The van der Waals surface area contributed by atoms with Crippen LogP contribution < -0.4 is 10.6 Å². The second-order valence-corrected chi connectivity index (χ2v) is 7.63. The van der Waals surface area contributed by atoms with Gasteiger partial charge in [-0.2, -0.15) is 0 Å². The maximum Gasteiger partial charge on any atom is 0.247 e. The van der Waals surface area contributed by atoms with Crippen LogP contribution in [0.1, 0.15) is 31.1 Å². The quantitative estimate of drug-likeness (QED) is 0.799. The molecule has 0 radical (unpaired) electrons. The van der Waals surface area contributed by atoms with Crippen molar-refractivity contribution in [3.05, 3.63) is 46.7 Å². The van der Waals surface area contributed by atoms with Gasteiger partial charge in [-0.3, -0.25) is 14.4 Å². The third-order valence-electron chi connectivity index (χ3n) is 4.37. The molecular formula is C19H21FN4O3S. The van der Waals surface area contributed by atoms with Crippen LogP contribution in [0.2, 0.25) is 0 Å². The van der Waals surface area contributed by atoms with Crippen molar-refractivity contribution in [2.24, 2.45) is 5.92 Å². The minimum Gasteiger partial charge on any atom is -0.352 e. The highest BCUT2D eigenvalue weighted by atomic mass is 32.1. The molecule has 0 bridgehead atoms. The Morgan fingerprint density at radius 1 is 1.39 bits per heavy atom. The topological polar surface area (TPSA) is 91.4 Å². The molecule has 2 N–H and O–H groups in total. The predicted octanol–water partition coefficient (Wildman–Crippen LogP) is 2.12. The Morgan fingerprint density at radius 2 is 2.14 bits per heavy atom. The van der Waals surface area contributed by atoms with Gasteiger partial charge in [0.2, 0.25) is 17.7 Å². The van der Waals surface area contributed by atoms with E-state index in [0.29, 0.717) is 17.4 Å². The largest absolute Gasteiger partial charge is 0.352 e. The molecule has 7 nitrogen and oxygen atoms in total. The molecule has 1 aromatic carbocycles. The lowest BCUT2D eigenvalue weighted by Gasteiger charge is -2.35. The van der Waals surface area contributed by atoms with Crippen molar-refractivity contribution in [2.45, 2.75) is 26.3 Å². The number of amides is 3. The summed E-state index contributed by atoms with van der Waals surface area (Å²) in [7, 11) is 0. The zero-order valence-electron chi connectivity index (χ0n) is 15.6. The number of aromatic nitrogens is 1. The molecule has 9 heteroatoms. The summed E-state index contributed by atoms with van der Waals surface area (Å²) >= 11 is 1.23. The number of rotatable bonds is 5. The normalized spacial score (nSPS) is 16.8. The third-order valence-corrected chi connectivity index (χ3v) is 5.18. The highest BCUT2D eigenvalue weighted by molar-refractivity contribution is 7.13. The van der Waals surface area contributed by atoms with Crippen molar-refractivity contribution in [3.8, 4) is 0 Å². The molecule has 1 aliphatic heterocycles. The van der Waals surface area contributed by atoms with E-state index in [2.05, 4.69) is 15.6 Å². The first kappa shape index (κ1) is 19.9. The van der Waals surface area contributed by atoms with Gasteiger partial charge in [0.15, 0.2) is 5.13 Å². The lowest BCUT2D eigenvalue weighted by atomic mass is 10.0. The van der Waals surface area contributed by atoms with Crippen LogP contribution in [-0.2, 0) is 20.8 Å². The summed E-state index contributed by atoms with van der Waals surface area (Å²) in [6, 6.07) is 4.93. The van der Waals surface area contributed by atoms with Crippen molar-refractivity contribution in [3.63, 3.8) is 0 Å². The average Bonchev–Trinajstić information content (AvgIpc) is 3.09. The number of halogens is 1. The second-order valence-electron chi connectivity index (χ2n) is 6.77. The smallest absolute Gasteiger partial charge is 0.247 e. The Kier molecular flexibility index (Phi) is 6.03. The molecule has 3 amide bonds. The van der Waals surface area contributed by atoms with Gasteiger partial charge in [0.1, 0.15) is 11.9 Å². The van der Waals surface area contributed by atoms with Crippen LogP contribution >= 0.6 is 11.3 Å². The Hall–Kier alpha value is -2.81. The number of nitrogens with one attached hydrogen (secondary N) is 2. The van der Waals surface area contributed by atoms with Crippen LogP contribution in [0, 0.1) is 11.7 Å². The van der Waals surface area contributed by atoms with Crippen LogP contribution in [0.5, 0.6) is 0 Å². The second kappa shape index (κ2) is 8.47. The first-order chi connectivity index (χ1) is 13.4. The van der Waals surface area contributed by atoms with Crippen LogP contribution in [0.15, 0.2) is 29.6 Å². The molecule has 1 atom stereocenters. The van der Waals surface area contributed by atoms with Gasteiger partial charge in [0.25, 0.3) is 0 Å². The molecule has 1 saturated heterocycles. The van der Waals surface area contributed by atoms with Crippen molar-refractivity contribution in [1.29, 1.82) is 0 Å².